The van der Waals surface area contributed by atoms with Crippen molar-refractivity contribution in [1.82, 2.24) is 25.0 Å². The van der Waals surface area contributed by atoms with Crippen molar-refractivity contribution < 1.29 is 5.11 Å². The Hall–Kier alpha value is -1.76. The smallest absolute Gasteiger partial charge is 0.0983 e. The van der Waals surface area contributed by atoms with Gasteiger partial charge in [-0.25, -0.2) is 0 Å². The molecule has 2 N–H and O–H groups in total. The number of nitrogens with one attached hydrogen (secondary N) is 1. The second kappa shape index (κ2) is 7.31. The Balaban J connectivity index is 1.98. The number of aliphatic hydroxyl groups is 1. The van der Waals surface area contributed by atoms with Crippen molar-refractivity contribution in [3.63, 3.8) is 0 Å². The molecular weight excluding hydrogens is 266 g/mol. The predicted molar refractivity (Wildman–Crippen MR) is 82.7 cm³/mol. The van der Waals surface area contributed by atoms with Crippen molar-refractivity contribution >= 4 is 0 Å². The van der Waals surface area contributed by atoms with E-state index in [-0.39, 0.29) is 6.10 Å². The van der Waals surface area contributed by atoms with Crippen LogP contribution in [-0.2, 0) is 13.6 Å². The Kier molecular flexibility index (Phi) is 5.44. The van der Waals surface area contributed by atoms with Gasteiger partial charge in [0.25, 0.3) is 0 Å². The van der Waals surface area contributed by atoms with E-state index in [0.29, 0.717) is 19.6 Å². The summed E-state index contributed by atoms with van der Waals surface area (Å²) < 4.78 is 1.80. The van der Waals surface area contributed by atoms with Crippen LogP contribution in [-0.4, -0.2) is 58.1 Å². The summed E-state index contributed by atoms with van der Waals surface area (Å²) in [6.45, 7) is 1.87. The quantitative estimate of drug-likeness (QED) is 0.777. The van der Waals surface area contributed by atoms with Crippen LogP contribution in [0.25, 0.3) is 11.3 Å². The van der Waals surface area contributed by atoms with Crippen molar-refractivity contribution in [2.75, 3.05) is 27.2 Å². The summed E-state index contributed by atoms with van der Waals surface area (Å²) in [4.78, 5) is 6.11. The fourth-order valence-corrected chi connectivity index (χ4v) is 2.27. The first-order valence-corrected chi connectivity index (χ1v) is 7.02. The van der Waals surface area contributed by atoms with Crippen LogP contribution in [0.15, 0.2) is 30.7 Å². The molecule has 0 fully saturated rings. The van der Waals surface area contributed by atoms with Gasteiger partial charge in [-0.05, 0) is 26.2 Å². The zero-order valence-electron chi connectivity index (χ0n) is 12.8. The molecule has 0 spiro atoms. The van der Waals surface area contributed by atoms with E-state index in [4.69, 9.17) is 0 Å². The highest BCUT2D eigenvalue weighted by Crippen LogP contribution is 2.20. The van der Waals surface area contributed by atoms with Crippen LogP contribution in [0.1, 0.15) is 5.56 Å². The lowest BCUT2D eigenvalue weighted by Gasteiger charge is -2.16. The van der Waals surface area contributed by atoms with Crippen LogP contribution in [0, 0.1) is 0 Å². The third kappa shape index (κ3) is 4.63. The molecule has 6 nitrogen and oxygen atoms in total. The first-order valence-electron chi connectivity index (χ1n) is 7.02. The lowest BCUT2D eigenvalue weighted by atomic mass is 10.1. The Labute approximate surface area is 125 Å². The van der Waals surface area contributed by atoms with E-state index in [1.807, 2.05) is 50.6 Å². The summed E-state index contributed by atoms with van der Waals surface area (Å²) in [5, 5.41) is 17.6. The minimum atomic E-state index is -0.376. The largest absolute Gasteiger partial charge is 0.390 e. The van der Waals surface area contributed by atoms with E-state index in [9.17, 15) is 5.11 Å². The van der Waals surface area contributed by atoms with Crippen molar-refractivity contribution in [3.05, 3.63) is 36.3 Å². The van der Waals surface area contributed by atoms with Crippen molar-refractivity contribution in [2.45, 2.75) is 12.6 Å². The molecule has 0 bridgehead atoms. The molecule has 21 heavy (non-hydrogen) atoms. The Bertz CT molecular complexity index is 552. The molecule has 6 heteroatoms. The first-order chi connectivity index (χ1) is 10.1. The first kappa shape index (κ1) is 15.6. The molecular formula is C15H23N5O. The standard InChI is InChI=1S/C15H23N5O/c1-19(2)11-14(21)9-17-8-13-10-20(3)18-15(13)12-5-4-6-16-7-12/h4-7,10,14,17,21H,8-9,11H2,1-3H3. The summed E-state index contributed by atoms with van der Waals surface area (Å²) in [7, 11) is 5.81. The average molecular weight is 289 g/mol. The SMILES string of the molecule is CN(C)CC(O)CNCc1cn(C)nc1-c1cccnc1. The van der Waals surface area contributed by atoms with E-state index in [1.54, 1.807) is 10.9 Å². The number of aliphatic hydroxyl groups excluding tert-OH is 1. The molecule has 0 radical (unpaired) electrons. The maximum atomic E-state index is 9.85. The minimum Gasteiger partial charge on any atom is -0.390 e. The van der Waals surface area contributed by atoms with Gasteiger partial charge < -0.3 is 15.3 Å². The van der Waals surface area contributed by atoms with Crippen LogP contribution >= 0.6 is 0 Å². The van der Waals surface area contributed by atoms with Crippen LogP contribution < -0.4 is 5.32 Å². The summed E-state index contributed by atoms with van der Waals surface area (Å²) in [6, 6.07) is 3.90. The Morgan fingerprint density at radius 3 is 2.90 bits per heavy atom. The second-order valence-corrected chi connectivity index (χ2v) is 5.47. The number of nitrogens with zero attached hydrogens (tertiary/aromatic N) is 4. The molecule has 0 aliphatic heterocycles. The monoisotopic (exact) mass is 289 g/mol. The molecule has 1 atom stereocenters. The van der Waals surface area contributed by atoms with Gasteiger partial charge in [0, 0.05) is 56.4 Å². The molecule has 0 aromatic carbocycles. The number of aryl methyl sites for hydroxylation is 1. The number of hydrogen-bond acceptors (Lipinski definition) is 5. The summed E-state index contributed by atoms with van der Waals surface area (Å²) in [5.41, 5.74) is 3.03. The molecule has 114 valence electrons. The lowest BCUT2D eigenvalue weighted by Crippen LogP contribution is -2.34. The van der Waals surface area contributed by atoms with Crippen molar-refractivity contribution in [3.8, 4) is 11.3 Å². The van der Waals surface area contributed by atoms with Gasteiger partial charge in [-0.15, -0.1) is 0 Å². The van der Waals surface area contributed by atoms with Gasteiger partial charge in [-0.1, -0.05) is 0 Å². The maximum absolute atomic E-state index is 9.85. The zero-order chi connectivity index (χ0) is 15.2. The molecule has 1 unspecified atom stereocenters. The molecule has 2 aromatic rings. The highest BCUT2D eigenvalue weighted by atomic mass is 16.3. The van der Waals surface area contributed by atoms with Gasteiger partial charge in [0.05, 0.1) is 11.8 Å². The summed E-state index contributed by atoms with van der Waals surface area (Å²) >= 11 is 0. The second-order valence-electron chi connectivity index (χ2n) is 5.47. The third-order valence-corrected chi connectivity index (χ3v) is 3.11. The highest BCUT2D eigenvalue weighted by Gasteiger charge is 2.11. The van der Waals surface area contributed by atoms with E-state index in [1.165, 1.54) is 0 Å². The van der Waals surface area contributed by atoms with E-state index < -0.39 is 0 Å². The molecule has 0 saturated carbocycles. The summed E-state index contributed by atoms with van der Waals surface area (Å²) in [6.07, 6.45) is 5.18. The topological polar surface area (TPSA) is 66.2 Å². The number of hydrogen-bond donors (Lipinski definition) is 2. The highest BCUT2D eigenvalue weighted by molar-refractivity contribution is 5.61. The van der Waals surface area contributed by atoms with Crippen molar-refractivity contribution in [2.24, 2.45) is 7.05 Å². The number of likely N-dealkylation sites (N-methyl/N-ethyl adjacent to an activating group) is 1. The number of rotatable bonds is 7. The van der Waals surface area contributed by atoms with Crippen LogP contribution in [0.3, 0.4) is 0 Å². The molecule has 0 amide bonds. The predicted octanol–water partition coefficient (Wildman–Crippen LogP) is 0.494. The van der Waals surface area contributed by atoms with Gasteiger partial charge in [0.1, 0.15) is 0 Å². The van der Waals surface area contributed by atoms with E-state index in [2.05, 4.69) is 15.4 Å². The molecule has 2 rings (SSSR count). The van der Waals surface area contributed by atoms with Gasteiger partial charge in [-0.2, -0.15) is 5.10 Å². The van der Waals surface area contributed by atoms with Crippen LogP contribution in [0.5, 0.6) is 0 Å². The molecule has 0 saturated heterocycles. The van der Waals surface area contributed by atoms with Gasteiger partial charge in [-0.3, -0.25) is 9.67 Å². The average Bonchev–Trinajstić information content (AvgIpc) is 2.80. The molecule has 2 heterocycles. The Morgan fingerprint density at radius 2 is 2.24 bits per heavy atom. The normalized spacial score (nSPS) is 12.8. The lowest BCUT2D eigenvalue weighted by molar-refractivity contribution is 0.134. The molecule has 2 aromatic heterocycles. The zero-order valence-corrected chi connectivity index (χ0v) is 12.8. The summed E-state index contributed by atoms with van der Waals surface area (Å²) in [5.74, 6) is 0. The van der Waals surface area contributed by atoms with Crippen LogP contribution in [0.4, 0.5) is 0 Å². The van der Waals surface area contributed by atoms with Gasteiger partial charge >= 0.3 is 0 Å². The molecule has 0 aliphatic carbocycles. The van der Waals surface area contributed by atoms with Crippen molar-refractivity contribution in [1.29, 1.82) is 0 Å². The Morgan fingerprint density at radius 1 is 1.43 bits per heavy atom. The molecule has 0 aliphatic rings. The maximum Gasteiger partial charge on any atom is 0.0983 e. The van der Waals surface area contributed by atoms with Crippen LogP contribution in [0.2, 0.25) is 0 Å². The fraction of sp³-hybridized carbons (Fsp3) is 0.467. The third-order valence-electron chi connectivity index (χ3n) is 3.11. The number of pyridine rings is 1. The van der Waals surface area contributed by atoms with Gasteiger partial charge in [0.2, 0.25) is 0 Å². The number of aromatic nitrogens is 3. The fourth-order valence-electron chi connectivity index (χ4n) is 2.27. The minimum absolute atomic E-state index is 0.376. The van der Waals surface area contributed by atoms with E-state index in [0.717, 1.165) is 16.8 Å². The van der Waals surface area contributed by atoms with E-state index >= 15 is 0 Å². The van der Waals surface area contributed by atoms with Gasteiger partial charge in [0.15, 0.2) is 0 Å².